The van der Waals surface area contributed by atoms with Gasteiger partial charge in [-0.2, -0.15) is 0 Å². The Hall–Kier alpha value is -3.11. The van der Waals surface area contributed by atoms with Crippen LogP contribution in [0.5, 0.6) is 0 Å². The number of aryl methyl sites for hydroxylation is 2. The topological polar surface area (TPSA) is 49.4 Å². The molecule has 0 bridgehead atoms. The number of hydrogen-bond donors (Lipinski definition) is 1. The lowest BCUT2D eigenvalue weighted by Crippen LogP contribution is -2.52. The van der Waals surface area contributed by atoms with Gasteiger partial charge in [0.15, 0.2) is 0 Å². The minimum atomic E-state index is -0.649. The van der Waals surface area contributed by atoms with Gasteiger partial charge in [-0.15, -0.1) is 0 Å². The summed E-state index contributed by atoms with van der Waals surface area (Å²) in [5.41, 5.74) is 5.17. The van der Waals surface area contributed by atoms with Crippen LogP contribution in [0.4, 0.5) is 0 Å². The van der Waals surface area contributed by atoms with Gasteiger partial charge in [0.2, 0.25) is 11.8 Å². The second-order valence-electron chi connectivity index (χ2n) is 9.27. The van der Waals surface area contributed by atoms with Crippen LogP contribution in [0.25, 0.3) is 0 Å². The lowest BCUT2D eigenvalue weighted by Gasteiger charge is -2.32. The minimum Gasteiger partial charge on any atom is -0.352 e. The molecule has 35 heavy (non-hydrogen) atoms. The summed E-state index contributed by atoms with van der Waals surface area (Å²) in [4.78, 5) is 29.1. The maximum Gasteiger partial charge on any atom is 0.243 e. The van der Waals surface area contributed by atoms with Crippen molar-refractivity contribution in [3.63, 3.8) is 0 Å². The molecule has 0 saturated carbocycles. The van der Waals surface area contributed by atoms with Gasteiger partial charge in [-0.3, -0.25) is 9.59 Å². The summed E-state index contributed by atoms with van der Waals surface area (Å²) in [6.07, 6.45) is 1.47. The molecular formula is C30H35ClN2O2. The Kier molecular flexibility index (Phi) is 9.50. The quantitative estimate of drug-likeness (QED) is 0.376. The van der Waals surface area contributed by atoms with E-state index >= 15 is 0 Å². The van der Waals surface area contributed by atoms with Gasteiger partial charge in [0.1, 0.15) is 6.04 Å². The number of amides is 2. The summed E-state index contributed by atoms with van der Waals surface area (Å²) in [6.45, 7) is 8.42. The van der Waals surface area contributed by atoms with E-state index in [1.807, 2.05) is 87.5 Å². The molecule has 1 N–H and O–H groups in total. The van der Waals surface area contributed by atoms with Gasteiger partial charge < -0.3 is 10.2 Å². The number of nitrogens with zero attached hydrogens (tertiary/aromatic N) is 1. The number of nitrogens with one attached hydrogen (secondary N) is 1. The number of benzene rings is 3. The smallest absolute Gasteiger partial charge is 0.243 e. The molecule has 0 aromatic heterocycles. The van der Waals surface area contributed by atoms with E-state index in [1.165, 1.54) is 5.56 Å². The van der Waals surface area contributed by atoms with Gasteiger partial charge in [0, 0.05) is 24.0 Å². The Labute approximate surface area is 214 Å². The first kappa shape index (κ1) is 26.5. The molecule has 2 unspecified atom stereocenters. The van der Waals surface area contributed by atoms with Gasteiger partial charge in [-0.05, 0) is 67.1 Å². The predicted molar refractivity (Wildman–Crippen MR) is 143 cm³/mol. The number of hydrogen-bond acceptors (Lipinski definition) is 2. The Morgan fingerprint density at radius 3 is 2.26 bits per heavy atom. The van der Waals surface area contributed by atoms with Crippen molar-refractivity contribution < 1.29 is 9.59 Å². The van der Waals surface area contributed by atoms with E-state index in [1.54, 1.807) is 4.90 Å². The van der Waals surface area contributed by atoms with Crippen molar-refractivity contribution >= 4 is 23.4 Å². The predicted octanol–water partition coefficient (Wildman–Crippen LogP) is 6.05. The molecular weight excluding hydrogens is 456 g/mol. The average Bonchev–Trinajstić information content (AvgIpc) is 2.84. The summed E-state index contributed by atoms with van der Waals surface area (Å²) in [5.74, 6) is -0.230. The summed E-state index contributed by atoms with van der Waals surface area (Å²) < 4.78 is 0. The van der Waals surface area contributed by atoms with E-state index in [4.69, 9.17) is 11.6 Å². The zero-order valence-electron chi connectivity index (χ0n) is 21.1. The number of rotatable bonds is 10. The second-order valence-corrected chi connectivity index (χ2v) is 9.71. The van der Waals surface area contributed by atoms with Crippen molar-refractivity contribution in [3.8, 4) is 0 Å². The zero-order chi connectivity index (χ0) is 25.4. The third-order valence-electron chi connectivity index (χ3n) is 6.44. The fourth-order valence-electron chi connectivity index (χ4n) is 4.02. The van der Waals surface area contributed by atoms with Crippen LogP contribution in [-0.2, 0) is 29.0 Å². The first-order valence-corrected chi connectivity index (χ1v) is 12.6. The highest BCUT2D eigenvalue weighted by Gasteiger charge is 2.31. The van der Waals surface area contributed by atoms with Crippen LogP contribution in [0.15, 0.2) is 72.8 Å². The van der Waals surface area contributed by atoms with E-state index in [2.05, 4.69) is 18.3 Å². The molecule has 0 aliphatic carbocycles. The molecule has 5 heteroatoms. The molecule has 0 radical (unpaired) electrons. The van der Waals surface area contributed by atoms with Crippen molar-refractivity contribution in [1.29, 1.82) is 0 Å². The SMILES string of the molecule is CCC(C)NC(=O)C(Cc1ccccc1)N(Cc1cccc(Cl)c1)C(=O)Cc1ccc(C)c(C)c1. The fourth-order valence-corrected chi connectivity index (χ4v) is 4.23. The van der Waals surface area contributed by atoms with Crippen LogP contribution < -0.4 is 5.32 Å². The molecule has 0 aliphatic rings. The first-order valence-electron chi connectivity index (χ1n) is 12.2. The molecule has 0 aliphatic heterocycles. The summed E-state index contributed by atoms with van der Waals surface area (Å²) in [6, 6.07) is 22.8. The Morgan fingerprint density at radius 1 is 0.886 bits per heavy atom. The van der Waals surface area contributed by atoms with E-state index in [0.717, 1.165) is 28.7 Å². The Balaban J connectivity index is 1.98. The highest BCUT2D eigenvalue weighted by molar-refractivity contribution is 6.30. The van der Waals surface area contributed by atoms with E-state index in [-0.39, 0.29) is 24.3 Å². The molecule has 3 aromatic carbocycles. The van der Waals surface area contributed by atoms with Crippen LogP contribution in [0.3, 0.4) is 0 Å². The normalized spacial score (nSPS) is 12.6. The van der Waals surface area contributed by atoms with E-state index < -0.39 is 6.04 Å². The molecule has 4 nitrogen and oxygen atoms in total. The Morgan fingerprint density at radius 2 is 1.60 bits per heavy atom. The molecule has 0 fully saturated rings. The Bertz CT molecular complexity index is 1150. The number of halogens is 1. The number of carbonyl (C=O) groups is 2. The largest absolute Gasteiger partial charge is 0.352 e. The molecule has 2 atom stereocenters. The van der Waals surface area contributed by atoms with Gasteiger partial charge in [-0.1, -0.05) is 79.2 Å². The zero-order valence-corrected chi connectivity index (χ0v) is 21.8. The van der Waals surface area contributed by atoms with Crippen molar-refractivity contribution in [2.45, 2.75) is 65.6 Å². The number of carbonyl (C=O) groups excluding carboxylic acids is 2. The third-order valence-corrected chi connectivity index (χ3v) is 6.68. The van der Waals surface area contributed by atoms with Crippen molar-refractivity contribution in [3.05, 3.63) is 106 Å². The van der Waals surface area contributed by atoms with Gasteiger partial charge in [0.25, 0.3) is 0 Å². The summed E-state index contributed by atoms with van der Waals surface area (Å²) in [7, 11) is 0. The standard InChI is InChI=1S/C30H35ClN2O2/c1-5-23(4)32-30(35)28(18-24-10-7-6-8-11-24)33(20-26-12-9-13-27(31)17-26)29(34)19-25-15-14-21(2)22(3)16-25/h6-17,23,28H,5,18-20H2,1-4H3,(H,32,35). The maximum atomic E-state index is 13.8. The minimum absolute atomic E-state index is 0.0173. The average molecular weight is 491 g/mol. The highest BCUT2D eigenvalue weighted by Crippen LogP contribution is 2.20. The third kappa shape index (κ3) is 7.69. The lowest BCUT2D eigenvalue weighted by atomic mass is 10.00. The van der Waals surface area contributed by atoms with Crippen LogP contribution in [0.2, 0.25) is 5.02 Å². The van der Waals surface area contributed by atoms with Crippen molar-refractivity contribution in [2.75, 3.05) is 0 Å². The fraction of sp³-hybridized carbons (Fsp3) is 0.333. The molecule has 0 spiro atoms. The van der Waals surface area contributed by atoms with Crippen LogP contribution in [0, 0.1) is 13.8 Å². The van der Waals surface area contributed by atoms with Gasteiger partial charge >= 0.3 is 0 Å². The molecule has 3 aromatic rings. The summed E-state index contributed by atoms with van der Waals surface area (Å²) in [5, 5.41) is 3.71. The first-order chi connectivity index (χ1) is 16.8. The lowest BCUT2D eigenvalue weighted by molar-refractivity contribution is -0.141. The maximum absolute atomic E-state index is 13.8. The van der Waals surface area contributed by atoms with Crippen LogP contribution in [0.1, 0.15) is 48.1 Å². The van der Waals surface area contributed by atoms with Crippen LogP contribution >= 0.6 is 11.6 Å². The summed E-state index contributed by atoms with van der Waals surface area (Å²) >= 11 is 6.25. The van der Waals surface area contributed by atoms with Crippen molar-refractivity contribution in [2.24, 2.45) is 0 Å². The molecule has 184 valence electrons. The molecule has 2 amide bonds. The van der Waals surface area contributed by atoms with Gasteiger partial charge in [-0.25, -0.2) is 0 Å². The van der Waals surface area contributed by atoms with Crippen LogP contribution in [-0.4, -0.2) is 28.8 Å². The second kappa shape index (κ2) is 12.6. The van der Waals surface area contributed by atoms with E-state index in [9.17, 15) is 9.59 Å². The molecule has 0 saturated heterocycles. The molecule has 3 rings (SSSR count). The van der Waals surface area contributed by atoms with E-state index in [0.29, 0.717) is 18.0 Å². The monoisotopic (exact) mass is 490 g/mol. The van der Waals surface area contributed by atoms with Gasteiger partial charge in [0.05, 0.1) is 6.42 Å². The highest BCUT2D eigenvalue weighted by atomic mass is 35.5. The molecule has 0 heterocycles. The van der Waals surface area contributed by atoms with Crippen molar-refractivity contribution in [1.82, 2.24) is 10.2 Å².